The average Bonchev–Trinajstić information content (AvgIpc) is 3.99. The lowest BCUT2D eigenvalue weighted by Crippen LogP contribution is -2.48. The van der Waals surface area contributed by atoms with Gasteiger partial charge in [0.2, 0.25) is 5.91 Å². The minimum Gasteiger partial charge on any atom is -0.453 e. The van der Waals surface area contributed by atoms with Crippen molar-refractivity contribution in [3.8, 4) is 33.6 Å². The lowest BCUT2D eigenvalue weighted by molar-refractivity contribution is -0.124. The normalized spacial score (nSPS) is 19.7. The number of alkyl carbamates (subject to hydrolysis) is 1. The third-order valence-electron chi connectivity index (χ3n) is 10.1. The van der Waals surface area contributed by atoms with Gasteiger partial charge < -0.3 is 35.0 Å². The van der Waals surface area contributed by atoms with Crippen LogP contribution in [0.2, 0.25) is 0 Å². The molecule has 3 atom stereocenters. The predicted molar refractivity (Wildman–Crippen MR) is 201 cm³/mol. The largest absolute Gasteiger partial charge is 0.453 e. The van der Waals surface area contributed by atoms with Crippen LogP contribution < -0.4 is 10.6 Å². The number of halogens is 1. The maximum Gasteiger partial charge on any atom is 0.407 e. The number of hydrogen-bond donors (Lipinski definition) is 4. The summed E-state index contributed by atoms with van der Waals surface area (Å²) in [6.45, 7) is 1.65. The first-order valence-corrected chi connectivity index (χ1v) is 18.5. The molecule has 3 aromatic carbocycles. The highest BCUT2D eigenvalue weighted by Gasteiger charge is 2.33. The Morgan fingerprint density at radius 3 is 2.13 bits per heavy atom. The third-order valence-corrected chi connectivity index (χ3v) is 10.1. The Morgan fingerprint density at radius 1 is 0.796 bits per heavy atom. The molecule has 2 saturated heterocycles. The Morgan fingerprint density at radius 2 is 1.44 bits per heavy atom. The molecule has 280 valence electrons. The molecule has 54 heavy (non-hydrogen) atoms. The predicted octanol–water partition coefficient (Wildman–Crippen LogP) is 7.11. The minimum absolute atomic E-state index is 0.0757. The van der Waals surface area contributed by atoms with Crippen molar-refractivity contribution in [2.45, 2.75) is 63.1 Å². The number of ether oxygens (including phenoxy) is 2. The maximum atomic E-state index is 14.4. The SMILES string of the molecule is COC(=O)N[C@H]1CCCCCOCC[C@@H](c2ncc(-c3ccc(-c4ccc(-c5cnc([C@@H]6CCCN6C(=O)c6ccccc6F)[nH]5)cc4)cc3)[nH]2)NC1=O. The first kappa shape index (κ1) is 36.5. The van der Waals surface area contributed by atoms with Gasteiger partial charge in [-0.1, -0.05) is 73.5 Å². The van der Waals surface area contributed by atoms with E-state index in [4.69, 9.17) is 9.47 Å². The molecule has 7 rings (SSSR count). The Hall–Kier alpha value is -5.82. The van der Waals surface area contributed by atoms with Gasteiger partial charge in [0.15, 0.2) is 0 Å². The number of hydrogen-bond acceptors (Lipinski definition) is 7. The summed E-state index contributed by atoms with van der Waals surface area (Å²) in [5, 5.41) is 5.72. The zero-order valence-electron chi connectivity index (χ0n) is 30.1. The highest BCUT2D eigenvalue weighted by Crippen LogP contribution is 2.34. The number of methoxy groups -OCH3 is 1. The number of aromatic nitrogens is 4. The lowest BCUT2D eigenvalue weighted by atomic mass is 10.0. The first-order chi connectivity index (χ1) is 26.4. The molecule has 0 aliphatic carbocycles. The Bertz CT molecular complexity index is 2060. The van der Waals surface area contributed by atoms with Crippen LogP contribution in [-0.2, 0) is 14.3 Å². The minimum atomic E-state index is -0.707. The fourth-order valence-corrected chi connectivity index (χ4v) is 7.13. The number of carbonyl (C=O) groups excluding carboxylic acids is 3. The van der Waals surface area contributed by atoms with Crippen molar-refractivity contribution < 1.29 is 28.2 Å². The van der Waals surface area contributed by atoms with E-state index in [1.807, 2.05) is 24.3 Å². The summed E-state index contributed by atoms with van der Waals surface area (Å²) in [5.74, 6) is 0.164. The molecule has 2 aliphatic rings. The molecule has 13 heteroatoms. The molecule has 0 bridgehead atoms. The summed E-state index contributed by atoms with van der Waals surface area (Å²) in [7, 11) is 1.28. The van der Waals surface area contributed by atoms with Crippen LogP contribution in [0.1, 0.15) is 79.0 Å². The van der Waals surface area contributed by atoms with Crippen molar-refractivity contribution in [1.29, 1.82) is 0 Å². The van der Waals surface area contributed by atoms with Crippen LogP contribution in [0.4, 0.5) is 9.18 Å². The number of benzene rings is 3. The number of H-pyrrole nitrogens is 2. The van der Waals surface area contributed by atoms with Crippen molar-refractivity contribution >= 4 is 17.9 Å². The zero-order valence-corrected chi connectivity index (χ0v) is 30.1. The summed E-state index contributed by atoms with van der Waals surface area (Å²) in [6, 6.07) is 21.0. The van der Waals surface area contributed by atoms with Crippen LogP contribution in [-0.4, -0.2) is 75.7 Å². The monoisotopic (exact) mass is 733 g/mol. The van der Waals surface area contributed by atoms with Crippen LogP contribution in [0.5, 0.6) is 0 Å². The van der Waals surface area contributed by atoms with Gasteiger partial charge in [0.25, 0.3) is 5.91 Å². The van der Waals surface area contributed by atoms with Gasteiger partial charge in [-0.05, 0) is 66.5 Å². The molecular formula is C41H44FN7O5. The number of likely N-dealkylation sites (tertiary alicyclic amines) is 1. The molecular weight excluding hydrogens is 689 g/mol. The summed E-state index contributed by atoms with van der Waals surface area (Å²) in [6.07, 6.45) is 8.05. The van der Waals surface area contributed by atoms with Crippen molar-refractivity contribution in [1.82, 2.24) is 35.5 Å². The third kappa shape index (κ3) is 8.36. The average molecular weight is 734 g/mol. The van der Waals surface area contributed by atoms with Gasteiger partial charge in [-0.3, -0.25) is 9.59 Å². The van der Waals surface area contributed by atoms with E-state index >= 15 is 0 Å². The van der Waals surface area contributed by atoms with E-state index in [9.17, 15) is 18.8 Å². The molecule has 5 aromatic rings. The van der Waals surface area contributed by atoms with Gasteiger partial charge in [-0.15, -0.1) is 0 Å². The van der Waals surface area contributed by atoms with Crippen LogP contribution in [0, 0.1) is 5.82 Å². The van der Waals surface area contributed by atoms with Crippen LogP contribution in [0.15, 0.2) is 85.2 Å². The number of nitrogens with one attached hydrogen (secondary N) is 4. The second-order valence-electron chi connectivity index (χ2n) is 13.7. The van der Waals surface area contributed by atoms with Crippen molar-refractivity contribution in [3.63, 3.8) is 0 Å². The van der Waals surface area contributed by atoms with E-state index in [1.165, 1.54) is 19.2 Å². The first-order valence-electron chi connectivity index (χ1n) is 18.5. The Labute approximate surface area is 312 Å². The van der Waals surface area contributed by atoms with Gasteiger partial charge in [0.05, 0.1) is 48.5 Å². The van der Waals surface area contributed by atoms with Crippen LogP contribution in [0.25, 0.3) is 33.6 Å². The number of imidazole rings is 2. The van der Waals surface area contributed by atoms with Gasteiger partial charge >= 0.3 is 6.09 Å². The molecule has 2 fully saturated rings. The Kier molecular flexibility index (Phi) is 11.4. The highest BCUT2D eigenvalue weighted by atomic mass is 19.1. The van der Waals surface area contributed by atoms with E-state index < -0.39 is 24.0 Å². The molecule has 3 amide bonds. The summed E-state index contributed by atoms with van der Waals surface area (Å²) in [5.41, 5.74) is 5.70. The van der Waals surface area contributed by atoms with Gasteiger partial charge in [-0.25, -0.2) is 19.2 Å². The fourth-order valence-electron chi connectivity index (χ4n) is 7.13. The number of nitrogens with zero attached hydrogens (tertiary/aromatic N) is 3. The second kappa shape index (κ2) is 16.9. The molecule has 2 aliphatic heterocycles. The van der Waals surface area contributed by atoms with Gasteiger partial charge in [-0.2, -0.15) is 0 Å². The van der Waals surface area contributed by atoms with Crippen LogP contribution >= 0.6 is 0 Å². The lowest BCUT2D eigenvalue weighted by Gasteiger charge is -2.23. The maximum absolute atomic E-state index is 14.4. The molecule has 0 unspecified atom stereocenters. The fraction of sp³-hybridized carbons (Fsp3) is 0.341. The van der Waals surface area contributed by atoms with E-state index in [2.05, 4.69) is 54.8 Å². The summed E-state index contributed by atoms with van der Waals surface area (Å²) >= 11 is 0. The van der Waals surface area contributed by atoms with E-state index in [1.54, 1.807) is 29.4 Å². The molecule has 0 spiro atoms. The molecule has 4 heterocycles. The van der Waals surface area contributed by atoms with Gasteiger partial charge in [0.1, 0.15) is 23.5 Å². The number of amides is 3. The second-order valence-corrected chi connectivity index (χ2v) is 13.7. The molecule has 2 aromatic heterocycles. The van der Waals surface area contributed by atoms with E-state index in [-0.39, 0.29) is 23.4 Å². The number of carbonyl (C=O) groups is 3. The number of aromatic amines is 2. The number of rotatable bonds is 7. The molecule has 4 N–H and O–H groups in total. The van der Waals surface area contributed by atoms with Crippen molar-refractivity contribution in [2.75, 3.05) is 26.9 Å². The van der Waals surface area contributed by atoms with Crippen molar-refractivity contribution in [3.05, 3.63) is 108 Å². The molecule has 0 radical (unpaired) electrons. The van der Waals surface area contributed by atoms with Gasteiger partial charge in [0, 0.05) is 19.8 Å². The Balaban J connectivity index is 1.01. The molecule has 0 saturated carbocycles. The quantitative estimate of drug-likeness (QED) is 0.139. The highest BCUT2D eigenvalue weighted by molar-refractivity contribution is 5.95. The zero-order chi connectivity index (χ0) is 37.4. The standard InChI is InChI=1S/C41H44FN7O5/c1-53-41(52)48-33-10-3-2-6-22-54-23-20-32(47-39(33)50)37-43-24-34(45-37)28-16-12-26(13-17-28)27-14-18-29(19-15-27)35-25-44-38(46-35)36-11-7-21-49(36)40(51)30-8-4-5-9-31(30)42/h4-5,8-9,12-19,24-25,32-33,36H,2-3,6-7,10-11,20-23H2,1H3,(H,43,45)(H,44,46)(H,47,50)(H,48,52)/t32-,33-,36-/m0/s1. The summed E-state index contributed by atoms with van der Waals surface area (Å²) < 4.78 is 24.9. The smallest absolute Gasteiger partial charge is 0.407 e. The van der Waals surface area contributed by atoms with E-state index in [0.717, 1.165) is 65.7 Å². The van der Waals surface area contributed by atoms with Crippen LogP contribution in [0.3, 0.4) is 0 Å². The van der Waals surface area contributed by atoms with Crippen molar-refractivity contribution in [2.24, 2.45) is 0 Å². The molecule has 12 nitrogen and oxygen atoms in total. The topological polar surface area (TPSA) is 154 Å². The summed E-state index contributed by atoms with van der Waals surface area (Å²) in [4.78, 5) is 56.1. The van der Waals surface area contributed by atoms with E-state index in [0.29, 0.717) is 44.2 Å².